The number of fused-ring (bicyclic) bond motifs is 2. The molecule has 0 unspecified atom stereocenters. The highest BCUT2D eigenvalue weighted by atomic mass is 16.7. The molecule has 3 rings (SSSR count). The lowest BCUT2D eigenvalue weighted by Gasteiger charge is -2.34. The van der Waals surface area contributed by atoms with Gasteiger partial charge in [0.2, 0.25) is 0 Å². The summed E-state index contributed by atoms with van der Waals surface area (Å²) in [6.45, 7) is 1.89. The number of carbonyl (C=O) groups excluding carboxylic acids is 3. The van der Waals surface area contributed by atoms with Gasteiger partial charge in [0, 0.05) is 45.4 Å². The standard InChI is InChI=1S/C26H33N5O4/c1-16(27)14-26(15-29-35-25(28)34)21-10-8-19(23(32)30(2)3)12-17(21)6-7-18-13-20(9-11-22(18)26)24(33)31(4)5/h8-13,15-16H,6-7,14,27H2,1-5H3,(H2,28,34)/b29-15+/t16-/m0/s1. The van der Waals surface area contributed by atoms with Crippen molar-refractivity contribution >= 4 is 24.1 Å². The third-order valence-electron chi connectivity index (χ3n) is 6.20. The van der Waals surface area contributed by atoms with E-state index in [9.17, 15) is 14.4 Å². The Morgan fingerprint density at radius 1 is 0.971 bits per heavy atom. The Morgan fingerprint density at radius 3 is 1.80 bits per heavy atom. The highest BCUT2D eigenvalue weighted by molar-refractivity contribution is 5.95. The van der Waals surface area contributed by atoms with Gasteiger partial charge in [-0.2, -0.15) is 0 Å². The fraction of sp³-hybridized carbons (Fsp3) is 0.385. The van der Waals surface area contributed by atoms with E-state index in [1.54, 1.807) is 46.5 Å². The summed E-state index contributed by atoms with van der Waals surface area (Å²) >= 11 is 0. The number of amides is 3. The van der Waals surface area contributed by atoms with E-state index < -0.39 is 11.5 Å². The van der Waals surface area contributed by atoms with Gasteiger partial charge in [0.1, 0.15) is 0 Å². The molecule has 0 heterocycles. The highest BCUT2D eigenvalue weighted by Crippen LogP contribution is 2.42. The second-order valence-electron chi connectivity index (χ2n) is 9.44. The largest absolute Gasteiger partial charge is 0.430 e. The molecule has 35 heavy (non-hydrogen) atoms. The van der Waals surface area contributed by atoms with Gasteiger partial charge in [0.15, 0.2) is 0 Å². The molecule has 4 N–H and O–H groups in total. The minimum absolute atomic E-state index is 0.100. The lowest BCUT2D eigenvalue weighted by atomic mass is 9.69. The Labute approximate surface area is 205 Å². The highest BCUT2D eigenvalue weighted by Gasteiger charge is 2.40. The molecule has 186 valence electrons. The normalized spacial score (nSPS) is 14.9. The van der Waals surface area contributed by atoms with Crippen molar-refractivity contribution in [3.05, 3.63) is 69.8 Å². The van der Waals surface area contributed by atoms with Gasteiger partial charge < -0.3 is 21.3 Å². The van der Waals surface area contributed by atoms with Crippen LogP contribution < -0.4 is 11.5 Å². The van der Waals surface area contributed by atoms with Gasteiger partial charge in [-0.1, -0.05) is 17.3 Å². The number of rotatable bonds is 6. The van der Waals surface area contributed by atoms with E-state index in [0.717, 1.165) is 22.3 Å². The van der Waals surface area contributed by atoms with E-state index >= 15 is 0 Å². The van der Waals surface area contributed by atoms with Gasteiger partial charge in [0.05, 0.1) is 11.6 Å². The van der Waals surface area contributed by atoms with Crippen molar-refractivity contribution in [1.29, 1.82) is 0 Å². The second kappa shape index (κ2) is 10.3. The number of oxime groups is 1. The number of carbonyl (C=O) groups is 3. The number of nitrogens with two attached hydrogens (primary N) is 2. The fourth-order valence-corrected chi connectivity index (χ4v) is 4.76. The van der Waals surface area contributed by atoms with Crippen molar-refractivity contribution in [1.82, 2.24) is 9.80 Å². The molecule has 9 nitrogen and oxygen atoms in total. The molecular weight excluding hydrogens is 446 g/mol. The molecule has 0 radical (unpaired) electrons. The summed E-state index contributed by atoms with van der Waals surface area (Å²) in [4.78, 5) is 44.4. The topological polar surface area (TPSA) is 131 Å². The van der Waals surface area contributed by atoms with Crippen LogP contribution in [0.1, 0.15) is 56.3 Å². The molecule has 0 aromatic heterocycles. The van der Waals surface area contributed by atoms with Crippen LogP contribution in [0.2, 0.25) is 0 Å². The van der Waals surface area contributed by atoms with Crippen molar-refractivity contribution in [2.75, 3.05) is 28.2 Å². The molecule has 1 aliphatic carbocycles. The summed E-state index contributed by atoms with van der Waals surface area (Å²) in [5, 5.41) is 3.93. The molecule has 9 heteroatoms. The maximum atomic E-state index is 12.7. The molecule has 0 aliphatic heterocycles. The zero-order valence-corrected chi connectivity index (χ0v) is 20.9. The summed E-state index contributed by atoms with van der Waals surface area (Å²) in [5.74, 6) is -0.200. The third kappa shape index (κ3) is 5.35. The number of benzene rings is 2. The van der Waals surface area contributed by atoms with Crippen LogP contribution in [0.4, 0.5) is 4.79 Å². The number of aryl methyl sites for hydroxylation is 2. The van der Waals surface area contributed by atoms with Crippen molar-refractivity contribution < 1.29 is 19.2 Å². The minimum atomic E-state index is -1.02. The first-order valence-electron chi connectivity index (χ1n) is 11.4. The van der Waals surface area contributed by atoms with E-state index in [-0.39, 0.29) is 17.9 Å². The Hall–Kier alpha value is -3.72. The van der Waals surface area contributed by atoms with Gasteiger partial charge in [-0.05, 0) is 72.7 Å². The third-order valence-corrected chi connectivity index (χ3v) is 6.20. The Bertz CT molecular complexity index is 1100. The molecule has 0 bridgehead atoms. The Morgan fingerprint density at radius 2 is 1.43 bits per heavy atom. The van der Waals surface area contributed by atoms with Crippen LogP contribution in [0, 0.1) is 0 Å². The molecule has 3 amide bonds. The van der Waals surface area contributed by atoms with Crippen LogP contribution in [0.5, 0.6) is 0 Å². The number of nitrogens with zero attached hydrogens (tertiary/aromatic N) is 3. The van der Waals surface area contributed by atoms with Crippen LogP contribution in [0.3, 0.4) is 0 Å². The maximum Gasteiger partial charge on any atom is 0.430 e. The van der Waals surface area contributed by atoms with E-state index in [1.807, 2.05) is 31.2 Å². The molecule has 0 spiro atoms. The lowest BCUT2D eigenvalue weighted by Crippen LogP contribution is -2.37. The van der Waals surface area contributed by atoms with E-state index in [1.165, 1.54) is 9.80 Å². The van der Waals surface area contributed by atoms with Crippen LogP contribution in [0.15, 0.2) is 41.6 Å². The molecule has 0 saturated carbocycles. The second-order valence-corrected chi connectivity index (χ2v) is 9.44. The Kier molecular flexibility index (Phi) is 7.60. The first-order chi connectivity index (χ1) is 16.5. The van der Waals surface area contributed by atoms with E-state index in [4.69, 9.17) is 16.3 Å². The average molecular weight is 480 g/mol. The van der Waals surface area contributed by atoms with Gasteiger partial charge in [-0.25, -0.2) is 4.79 Å². The average Bonchev–Trinajstić information content (AvgIpc) is 2.91. The van der Waals surface area contributed by atoms with Crippen molar-refractivity contribution in [2.45, 2.75) is 37.6 Å². The van der Waals surface area contributed by atoms with Crippen LogP contribution >= 0.6 is 0 Å². The van der Waals surface area contributed by atoms with Gasteiger partial charge >= 0.3 is 6.09 Å². The van der Waals surface area contributed by atoms with Crippen LogP contribution in [0.25, 0.3) is 0 Å². The van der Waals surface area contributed by atoms with Gasteiger partial charge in [-0.3, -0.25) is 14.4 Å². The molecule has 2 aromatic rings. The monoisotopic (exact) mass is 479 g/mol. The molecule has 2 aromatic carbocycles. The molecule has 1 aliphatic rings. The van der Waals surface area contributed by atoms with E-state index in [0.29, 0.717) is 30.4 Å². The zero-order valence-electron chi connectivity index (χ0n) is 20.9. The van der Waals surface area contributed by atoms with Crippen molar-refractivity contribution in [2.24, 2.45) is 16.6 Å². The SMILES string of the molecule is C[C@H](N)CC1(/C=N/OC(N)=O)c2ccc(C(=O)N(C)C)cc2CCc2cc(C(=O)N(C)C)ccc21. The van der Waals surface area contributed by atoms with Crippen LogP contribution in [-0.4, -0.2) is 68.2 Å². The smallest absolute Gasteiger partial charge is 0.345 e. The van der Waals surface area contributed by atoms with Crippen molar-refractivity contribution in [3.63, 3.8) is 0 Å². The fourth-order valence-electron chi connectivity index (χ4n) is 4.76. The summed E-state index contributed by atoms with van der Waals surface area (Å²) in [5.41, 5.74) is 15.5. The minimum Gasteiger partial charge on any atom is -0.345 e. The van der Waals surface area contributed by atoms with E-state index in [2.05, 4.69) is 5.16 Å². The van der Waals surface area contributed by atoms with Crippen molar-refractivity contribution in [3.8, 4) is 0 Å². The summed E-state index contributed by atoms with van der Waals surface area (Å²) < 4.78 is 0. The quantitative estimate of drug-likeness (QED) is 0.373. The summed E-state index contributed by atoms with van der Waals surface area (Å²) in [6, 6.07) is 10.9. The predicted molar refractivity (Wildman–Crippen MR) is 135 cm³/mol. The number of hydrogen-bond acceptors (Lipinski definition) is 6. The lowest BCUT2D eigenvalue weighted by molar-refractivity contribution is 0.0820. The predicted octanol–water partition coefficient (Wildman–Crippen LogP) is 2.29. The first kappa shape index (κ1) is 25.9. The zero-order chi connectivity index (χ0) is 25.9. The summed E-state index contributed by atoms with van der Waals surface area (Å²) in [6.07, 6.45) is 2.26. The van der Waals surface area contributed by atoms with Crippen LogP contribution in [-0.2, 0) is 23.1 Å². The maximum absolute atomic E-state index is 12.7. The molecule has 1 atom stereocenters. The molecule has 0 fully saturated rings. The number of primary amides is 1. The number of hydrogen-bond donors (Lipinski definition) is 2. The summed E-state index contributed by atoms with van der Waals surface area (Å²) in [7, 11) is 6.84. The van der Waals surface area contributed by atoms with Gasteiger partial charge in [0.25, 0.3) is 11.8 Å². The molecular formula is C26H33N5O4. The molecule has 0 saturated heterocycles. The first-order valence-corrected chi connectivity index (χ1v) is 11.4. The van der Waals surface area contributed by atoms with Gasteiger partial charge in [-0.15, -0.1) is 0 Å². The Balaban J connectivity index is 2.29.